The number of amides is 2. The molecule has 2 amide bonds. The molecular formula is C20H12Cl2N2O5. The van der Waals surface area contributed by atoms with Crippen molar-refractivity contribution in [2.45, 2.75) is 0 Å². The fourth-order valence-corrected chi connectivity index (χ4v) is 3.74. The van der Waals surface area contributed by atoms with Crippen LogP contribution in [0.3, 0.4) is 0 Å². The number of hydrogen-bond donors (Lipinski definition) is 1. The molecule has 146 valence electrons. The second-order valence-corrected chi connectivity index (χ2v) is 7.09. The van der Waals surface area contributed by atoms with Gasteiger partial charge in [0.05, 0.1) is 33.6 Å². The maximum absolute atomic E-state index is 12.4. The number of carboxylic acids is 1. The van der Waals surface area contributed by atoms with Crippen molar-refractivity contribution in [2.75, 3.05) is 13.2 Å². The molecule has 0 spiro atoms. The Morgan fingerprint density at radius 1 is 1.07 bits per heavy atom. The third-order valence-corrected chi connectivity index (χ3v) is 4.98. The van der Waals surface area contributed by atoms with Gasteiger partial charge in [-0.2, -0.15) is 0 Å². The first-order valence-electron chi connectivity index (χ1n) is 8.48. The molecule has 0 saturated carbocycles. The Morgan fingerprint density at radius 3 is 2.34 bits per heavy atom. The molecule has 1 aromatic heterocycles. The monoisotopic (exact) mass is 430 g/mol. The van der Waals surface area contributed by atoms with Gasteiger partial charge in [-0.15, -0.1) is 0 Å². The zero-order valence-electron chi connectivity index (χ0n) is 14.7. The largest absolute Gasteiger partial charge is 0.491 e. The number of nitrogens with zero attached hydrogens (tertiary/aromatic N) is 2. The highest BCUT2D eigenvalue weighted by Crippen LogP contribution is 2.34. The van der Waals surface area contributed by atoms with Crippen molar-refractivity contribution in [3.63, 3.8) is 0 Å². The van der Waals surface area contributed by atoms with Gasteiger partial charge in [0, 0.05) is 11.1 Å². The number of carboxylic acid groups (broad SMARTS) is 1. The van der Waals surface area contributed by atoms with E-state index in [2.05, 4.69) is 4.98 Å². The van der Waals surface area contributed by atoms with E-state index >= 15 is 0 Å². The molecule has 4 rings (SSSR count). The summed E-state index contributed by atoms with van der Waals surface area (Å²) in [5, 5.41) is 10.2. The second kappa shape index (κ2) is 7.35. The van der Waals surface area contributed by atoms with Crippen molar-refractivity contribution in [2.24, 2.45) is 0 Å². The van der Waals surface area contributed by atoms with Gasteiger partial charge in [-0.25, -0.2) is 9.78 Å². The lowest BCUT2D eigenvalue weighted by Gasteiger charge is -2.16. The molecule has 1 N–H and O–H groups in total. The van der Waals surface area contributed by atoms with Gasteiger partial charge in [0.2, 0.25) is 0 Å². The summed E-state index contributed by atoms with van der Waals surface area (Å²) in [6, 6.07) is 10.8. The van der Waals surface area contributed by atoms with Crippen molar-refractivity contribution < 1.29 is 24.2 Å². The van der Waals surface area contributed by atoms with Gasteiger partial charge in [-0.05, 0) is 24.3 Å². The molecule has 0 fully saturated rings. The van der Waals surface area contributed by atoms with Gasteiger partial charge in [-0.3, -0.25) is 14.5 Å². The molecule has 2 aromatic carbocycles. The summed E-state index contributed by atoms with van der Waals surface area (Å²) >= 11 is 12.2. The first-order chi connectivity index (χ1) is 13.9. The highest BCUT2D eigenvalue weighted by molar-refractivity contribution is 6.39. The van der Waals surface area contributed by atoms with Crippen LogP contribution in [0.1, 0.15) is 31.2 Å². The maximum Gasteiger partial charge on any atom is 0.354 e. The Labute approximate surface area is 174 Å². The van der Waals surface area contributed by atoms with Crippen LogP contribution >= 0.6 is 23.2 Å². The highest BCUT2D eigenvalue weighted by atomic mass is 35.5. The number of carbonyl (C=O) groups is 3. The first kappa shape index (κ1) is 19.2. The number of pyridine rings is 1. The Balaban J connectivity index is 1.60. The van der Waals surface area contributed by atoms with Crippen LogP contribution in [-0.4, -0.2) is 45.9 Å². The summed E-state index contributed by atoms with van der Waals surface area (Å²) in [5.41, 5.74) is 0.708. The Bertz CT molecular complexity index is 1160. The van der Waals surface area contributed by atoms with E-state index in [0.717, 1.165) is 4.90 Å². The van der Waals surface area contributed by atoms with Crippen LogP contribution in [0.4, 0.5) is 0 Å². The number of hydrogen-bond acceptors (Lipinski definition) is 5. The number of benzene rings is 2. The summed E-state index contributed by atoms with van der Waals surface area (Å²) in [7, 11) is 0. The SMILES string of the molecule is O=C(O)c1cc(OCCN2C(=O)c3ccccc3C2=O)c2c(Cl)cc(Cl)cc2n1. The molecule has 0 atom stereocenters. The van der Waals surface area contributed by atoms with Crippen LogP contribution in [0.5, 0.6) is 5.75 Å². The van der Waals surface area contributed by atoms with Crippen LogP contribution in [0.15, 0.2) is 42.5 Å². The Morgan fingerprint density at radius 2 is 1.72 bits per heavy atom. The number of aromatic carboxylic acids is 1. The van der Waals surface area contributed by atoms with E-state index in [1.165, 1.54) is 18.2 Å². The van der Waals surface area contributed by atoms with E-state index in [1.54, 1.807) is 24.3 Å². The van der Waals surface area contributed by atoms with Gasteiger partial charge >= 0.3 is 5.97 Å². The maximum atomic E-state index is 12.4. The van der Waals surface area contributed by atoms with Gasteiger partial charge < -0.3 is 9.84 Å². The highest BCUT2D eigenvalue weighted by Gasteiger charge is 2.34. The predicted molar refractivity (Wildman–Crippen MR) is 106 cm³/mol. The molecule has 1 aliphatic rings. The molecule has 1 aliphatic heterocycles. The van der Waals surface area contributed by atoms with E-state index in [9.17, 15) is 19.5 Å². The summed E-state index contributed by atoms with van der Waals surface area (Å²) in [6.45, 7) is -0.0631. The smallest absolute Gasteiger partial charge is 0.354 e. The van der Waals surface area contributed by atoms with Crippen molar-refractivity contribution in [3.8, 4) is 5.75 Å². The summed E-state index contributed by atoms with van der Waals surface area (Å²) in [6.07, 6.45) is 0. The first-order valence-corrected chi connectivity index (χ1v) is 9.23. The van der Waals surface area contributed by atoms with Crippen molar-refractivity contribution >= 4 is 51.9 Å². The van der Waals surface area contributed by atoms with Crippen molar-refractivity contribution in [1.82, 2.24) is 9.88 Å². The Kier molecular flexibility index (Phi) is 4.86. The lowest BCUT2D eigenvalue weighted by molar-refractivity contribution is 0.0630. The average molecular weight is 431 g/mol. The summed E-state index contributed by atoms with van der Waals surface area (Å²) in [4.78, 5) is 41.3. The molecule has 7 nitrogen and oxygen atoms in total. The Hall–Kier alpha value is -3.16. The number of halogens is 2. The minimum atomic E-state index is -1.24. The minimum Gasteiger partial charge on any atom is -0.491 e. The number of rotatable bonds is 5. The van der Waals surface area contributed by atoms with E-state index < -0.39 is 17.8 Å². The normalized spacial score (nSPS) is 13.1. The van der Waals surface area contributed by atoms with E-state index in [1.807, 2.05) is 0 Å². The van der Waals surface area contributed by atoms with Crippen molar-refractivity contribution in [1.29, 1.82) is 0 Å². The molecule has 29 heavy (non-hydrogen) atoms. The van der Waals surface area contributed by atoms with Crippen LogP contribution in [-0.2, 0) is 0 Å². The second-order valence-electron chi connectivity index (χ2n) is 6.25. The topological polar surface area (TPSA) is 96.8 Å². The van der Waals surface area contributed by atoms with Gasteiger partial charge in [0.25, 0.3) is 11.8 Å². The molecule has 0 unspecified atom stereocenters. The average Bonchev–Trinajstić information content (AvgIpc) is 2.92. The summed E-state index contributed by atoms with van der Waals surface area (Å²) < 4.78 is 5.71. The molecule has 2 heterocycles. The zero-order valence-corrected chi connectivity index (χ0v) is 16.2. The van der Waals surface area contributed by atoms with Crippen molar-refractivity contribution in [3.05, 3.63) is 69.3 Å². The number of carbonyl (C=O) groups excluding carboxylic acids is 2. The third-order valence-electron chi connectivity index (χ3n) is 4.46. The fourth-order valence-electron chi connectivity index (χ4n) is 3.16. The molecule has 0 saturated heterocycles. The quantitative estimate of drug-likeness (QED) is 0.616. The van der Waals surface area contributed by atoms with Crippen LogP contribution in [0.2, 0.25) is 10.0 Å². The molecule has 3 aromatic rings. The number of aromatic nitrogens is 1. The molecule has 0 aliphatic carbocycles. The molecule has 9 heteroatoms. The zero-order chi connectivity index (χ0) is 20.7. The van der Waals surface area contributed by atoms with Crippen LogP contribution in [0, 0.1) is 0 Å². The standard InChI is InChI=1S/C20H12Cl2N2O5/c21-10-7-13(22)17-14(8-10)23-15(20(27)28)9-16(17)29-6-5-24-18(25)11-3-1-2-4-12(11)19(24)26/h1-4,7-9H,5-6H2,(H,27,28). The summed E-state index contributed by atoms with van der Waals surface area (Å²) in [5.74, 6) is -1.87. The number of ether oxygens (including phenoxy) is 1. The molecular weight excluding hydrogens is 419 g/mol. The minimum absolute atomic E-state index is 0.0101. The van der Waals surface area contributed by atoms with Gasteiger partial charge in [0.15, 0.2) is 5.69 Å². The predicted octanol–water partition coefficient (Wildman–Crippen LogP) is 3.91. The van der Waals surface area contributed by atoms with Gasteiger partial charge in [0.1, 0.15) is 12.4 Å². The van der Waals surface area contributed by atoms with E-state index in [-0.39, 0.29) is 35.1 Å². The number of fused-ring (bicyclic) bond motifs is 2. The number of imide groups is 1. The van der Waals surface area contributed by atoms with E-state index in [4.69, 9.17) is 27.9 Å². The van der Waals surface area contributed by atoms with Crippen LogP contribution in [0.25, 0.3) is 10.9 Å². The fraction of sp³-hybridized carbons (Fsp3) is 0.100. The third kappa shape index (κ3) is 3.39. The van der Waals surface area contributed by atoms with Crippen LogP contribution < -0.4 is 4.74 Å². The van der Waals surface area contributed by atoms with E-state index in [0.29, 0.717) is 21.5 Å². The lowest BCUT2D eigenvalue weighted by Crippen LogP contribution is -2.33. The molecule has 0 radical (unpaired) electrons. The molecule has 0 bridgehead atoms. The lowest BCUT2D eigenvalue weighted by atomic mass is 10.1. The van der Waals surface area contributed by atoms with Gasteiger partial charge in [-0.1, -0.05) is 35.3 Å².